The lowest BCUT2D eigenvalue weighted by Gasteiger charge is -2.38. The van der Waals surface area contributed by atoms with Crippen LogP contribution in [0.5, 0.6) is 0 Å². The Morgan fingerprint density at radius 1 is 1.19 bits per heavy atom. The van der Waals surface area contributed by atoms with Gasteiger partial charge in [-0.1, -0.05) is 24.1 Å². The summed E-state index contributed by atoms with van der Waals surface area (Å²) in [5.41, 5.74) is 0.0977. The summed E-state index contributed by atoms with van der Waals surface area (Å²) in [6.07, 6.45) is 2.98. The third-order valence-electron chi connectivity index (χ3n) is 5.74. The van der Waals surface area contributed by atoms with Gasteiger partial charge in [-0.05, 0) is 44.7 Å². The Kier molecular flexibility index (Phi) is 5.58. The number of benzene rings is 1. The van der Waals surface area contributed by atoms with Crippen LogP contribution in [0.2, 0.25) is 0 Å². The third kappa shape index (κ3) is 4.16. The monoisotopic (exact) mass is 394 g/mol. The second-order valence-electron chi connectivity index (χ2n) is 7.67. The van der Waals surface area contributed by atoms with Crippen molar-refractivity contribution in [2.24, 2.45) is 5.41 Å². The fraction of sp³-hybridized carbons (Fsp3) is 0.579. The average molecular weight is 394 g/mol. The molecule has 2 N–H and O–H groups in total. The van der Waals surface area contributed by atoms with Crippen molar-refractivity contribution in [2.45, 2.75) is 56.4 Å². The standard InChI is InChI=1S/C19H26N2O5S/c1-14-3-5-16(6-4-14)27(25,26)21-11-7-15(8-12-21)20-17(22)13-19(18(23)24)9-2-10-19/h3-6,15H,2,7-13H2,1H3,(H,20,22)(H,23,24). The number of hydrogen-bond acceptors (Lipinski definition) is 4. The van der Waals surface area contributed by atoms with Crippen LogP contribution in [-0.4, -0.2) is 48.8 Å². The molecule has 0 aromatic heterocycles. The zero-order valence-corrected chi connectivity index (χ0v) is 16.3. The number of nitrogens with zero attached hydrogens (tertiary/aromatic N) is 1. The van der Waals surface area contributed by atoms with Crippen molar-refractivity contribution in [3.63, 3.8) is 0 Å². The van der Waals surface area contributed by atoms with Gasteiger partial charge >= 0.3 is 5.97 Å². The van der Waals surface area contributed by atoms with Gasteiger partial charge in [-0.15, -0.1) is 0 Å². The first kappa shape index (κ1) is 19.8. The molecule has 7 nitrogen and oxygen atoms in total. The molecule has 1 amide bonds. The molecule has 0 radical (unpaired) electrons. The van der Waals surface area contributed by atoms with Crippen LogP contribution in [0.3, 0.4) is 0 Å². The van der Waals surface area contributed by atoms with Crippen LogP contribution in [-0.2, 0) is 19.6 Å². The highest BCUT2D eigenvalue weighted by molar-refractivity contribution is 7.89. The topological polar surface area (TPSA) is 104 Å². The molecule has 0 atom stereocenters. The molecule has 1 aromatic carbocycles. The maximum absolute atomic E-state index is 12.7. The summed E-state index contributed by atoms with van der Waals surface area (Å²) < 4.78 is 26.9. The molecule has 1 aliphatic carbocycles. The third-order valence-corrected chi connectivity index (χ3v) is 7.65. The van der Waals surface area contributed by atoms with Gasteiger partial charge < -0.3 is 10.4 Å². The number of carboxylic acids is 1. The summed E-state index contributed by atoms with van der Waals surface area (Å²) in [5.74, 6) is -1.15. The van der Waals surface area contributed by atoms with Gasteiger partial charge in [0.05, 0.1) is 10.3 Å². The van der Waals surface area contributed by atoms with E-state index in [4.69, 9.17) is 0 Å². The Morgan fingerprint density at radius 3 is 2.26 bits per heavy atom. The smallest absolute Gasteiger partial charge is 0.310 e. The predicted molar refractivity (Wildman–Crippen MR) is 99.6 cm³/mol. The lowest BCUT2D eigenvalue weighted by Crippen LogP contribution is -2.49. The van der Waals surface area contributed by atoms with E-state index in [2.05, 4.69) is 5.32 Å². The number of carbonyl (C=O) groups excluding carboxylic acids is 1. The Labute approximate surface area is 159 Å². The molecule has 8 heteroatoms. The summed E-state index contributed by atoms with van der Waals surface area (Å²) in [5, 5.41) is 12.2. The van der Waals surface area contributed by atoms with Crippen LogP contribution < -0.4 is 5.32 Å². The average Bonchev–Trinajstić information content (AvgIpc) is 2.58. The fourth-order valence-corrected chi connectivity index (χ4v) is 5.23. The van der Waals surface area contributed by atoms with Crippen LogP contribution in [0.15, 0.2) is 29.2 Å². The molecular weight excluding hydrogens is 368 g/mol. The van der Waals surface area contributed by atoms with Crippen LogP contribution in [0.25, 0.3) is 0 Å². The van der Waals surface area contributed by atoms with E-state index in [1.165, 1.54) is 4.31 Å². The van der Waals surface area contributed by atoms with Crippen molar-refractivity contribution in [3.05, 3.63) is 29.8 Å². The zero-order valence-electron chi connectivity index (χ0n) is 15.5. The van der Waals surface area contributed by atoms with E-state index in [0.717, 1.165) is 12.0 Å². The highest BCUT2D eigenvalue weighted by Crippen LogP contribution is 2.44. The van der Waals surface area contributed by atoms with E-state index in [1.807, 2.05) is 6.92 Å². The van der Waals surface area contributed by atoms with Crippen molar-refractivity contribution < 1.29 is 23.1 Å². The highest BCUT2D eigenvalue weighted by atomic mass is 32.2. The highest BCUT2D eigenvalue weighted by Gasteiger charge is 2.46. The maximum atomic E-state index is 12.7. The molecule has 27 heavy (non-hydrogen) atoms. The molecule has 1 aliphatic heterocycles. The first-order valence-electron chi connectivity index (χ1n) is 9.33. The second-order valence-corrected chi connectivity index (χ2v) is 9.61. The van der Waals surface area contributed by atoms with Crippen molar-refractivity contribution in [2.75, 3.05) is 13.1 Å². The van der Waals surface area contributed by atoms with Gasteiger partial charge in [0.15, 0.2) is 0 Å². The minimum absolute atomic E-state index is 0.00418. The molecule has 1 saturated heterocycles. The van der Waals surface area contributed by atoms with Gasteiger partial charge in [-0.25, -0.2) is 8.42 Å². The molecule has 1 saturated carbocycles. The van der Waals surface area contributed by atoms with Crippen molar-refractivity contribution >= 4 is 21.9 Å². The fourth-order valence-electron chi connectivity index (χ4n) is 3.76. The molecule has 1 heterocycles. The summed E-state index contributed by atoms with van der Waals surface area (Å²) in [6, 6.07) is 6.66. The van der Waals surface area contributed by atoms with E-state index in [1.54, 1.807) is 24.3 Å². The summed E-state index contributed by atoms with van der Waals surface area (Å²) >= 11 is 0. The van der Waals surface area contributed by atoms with E-state index in [9.17, 15) is 23.1 Å². The molecule has 3 rings (SSSR count). The molecule has 0 spiro atoms. The van der Waals surface area contributed by atoms with Gasteiger partial charge in [-0.2, -0.15) is 4.31 Å². The number of nitrogens with one attached hydrogen (secondary N) is 1. The number of aliphatic carboxylic acids is 1. The van der Waals surface area contributed by atoms with Crippen LogP contribution in [0, 0.1) is 12.3 Å². The largest absolute Gasteiger partial charge is 0.481 e. The lowest BCUT2D eigenvalue weighted by molar-refractivity contribution is -0.157. The number of piperidine rings is 1. The number of sulfonamides is 1. The van der Waals surface area contributed by atoms with Gasteiger partial charge in [0.1, 0.15) is 0 Å². The molecule has 148 valence electrons. The summed E-state index contributed by atoms with van der Waals surface area (Å²) in [6.45, 7) is 2.58. The molecule has 0 unspecified atom stereocenters. The van der Waals surface area contributed by atoms with Gasteiger partial charge in [-0.3, -0.25) is 9.59 Å². The van der Waals surface area contributed by atoms with E-state index in [0.29, 0.717) is 38.8 Å². The second kappa shape index (κ2) is 7.59. The van der Waals surface area contributed by atoms with Gasteiger partial charge in [0, 0.05) is 25.6 Å². The predicted octanol–water partition coefficient (Wildman–Crippen LogP) is 1.91. The number of carbonyl (C=O) groups is 2. The minimum atomic E-state index is -3.52. The van der Waals surface area contributed by atoms with Crippen LogP contribution >= 0.6 is 0 Å². The van der Waals surface area contributed by atoms with Gasteiger partial charge in [0.25, 0.3) is 0 Å². The molecular formula is C19H26N2O5S. The molecule has 1 aromatic rings. The number of rotatable bonds is 6. The zero-order chi connectivity index (χ0) is 19.7. The van der Waals surface area contributed by atoms with E-state index >= 15 is 0 Å². The van der Waals surface area contributed by atoms with Crippen molar-refractivity contribution in [3.8, 4) is 0 Å². The Hall–Kier alpha value is -1.93. The van der Waals surface area contributed by atoms with E-state index < -0.39 is 21.4 Å². The maximum Gasteiger partial charge on any atom is 0.310 e. The quantitative estimate of drug-likeness (QED) is 0.767. The van der Waals surface area contributed by atoms with Gasteiger partial charge in [0.2, 0.25) is 15.9 Å². The first-order chi connectivity index (χ1) is 12.7. The first-order valence-corrected chi connectivity index (χ1v) is 10.8. The van der Waals surface area contributed by atoms with Crippen molar-refractivity contribution in [1.29, 1.82) is 0 Å². The normalized spacial score (nSPS) is 20.6. The summed E-state index contributed by atoms with van der Waals surface area (Å²) in [4.78, 5) is 23.9. The Bertz CT molecular complexity index is 807. The minimum Gasteiger partial charge on any atom is -0.481 e. The Balaban J connectivity index is 1.53. The molecule has 2 aliphatic rings. The van der Waals surface area contributed by atoms with Crippen LogP contribution in [0.4, 0.5) is 0 Å². The van der Waals surface area contributed by atoms with Crippen LogP contribution in [0.1, 0.15) is 44.1 Å². The number of amides is 1. The summed E-state index contributed by atoms with van der Waals surface area (Å²) in [7, 11) is -3.52. The van der Waals surface area contributed by atoms with Crippen molar-refractivity contribution in [1.82, 2.24) is 9.62 Å². The lowest BCUT2D eigenvalue weighted by atomic mass is 9.66. The SMILES string of the molecule is Cc1ccc(S(=O)(=O)N2CCC(NC(=O)CC3(C(=O)O)CCC3)CC2)cc1. The van der Waals surface area contributed by atoms with E-state index in [-0.39, 0.29) is 23.3 Å². The number of carboxylic acid groups (broad SMARTS) is 1. The molecule has 2 fully saturated rings. The Morgan fingerprint density at radius 2 is 1.78 bits per heavy atom. The number of hydrogen-bond donors (Lipinski definition) is 2. The molecule has 0 bridgehead atoms. The number of aryl methyl sites for hydroxylation is 1.